The van der Waals surface area contributed by atoms with Gasteiger partial charge in [-0.2, -0.15) is 13.2 Å². The van der Waals surface area contributed by atoms with Crippen molar-refractivity contribution in [1.29, 1.82) is 0 Å². The molecule has 192 valence electrons. The average molecular weight is 552 g/mol. The highest BCUT2D eigenvalue weighted by Gasteiger charge is 2.42. The molecular formula is C22H15F7N2O3S2. The number of carbonyl (C=O) groups is 1. The minimum absolute atomic E-state index is 0.0318. The Bertz CT molecular complexity index is 1350. The molecule has 3 aromatic rings. The zero-order valence-corrected chi connectivity index (χ0v) is 19.6. The number of nitrogens with one attached hydrogen (secondary N) is 2. The summed E-state index contributed by atoms with van der Waals surface area (Å²) in [4.78, 5) is 12.7. The lowest BCUT2D eigenvalue weighted by atomic mass is 10.1. The van der Waals surface area contributed by atoms with Gasteiger partial charge < -0.3 is 5.32 Å². The normalized spacial score (nSPS) is 12.8. The molecule has 1 unspecified atom stereocenters. The molecule has 36 heavy (non-hydrogen) atoms. The van der Waals surface area contributed by atoms with Gasteiger partial charge in [-0.3, -0.25) is 9.52 Å². The van der Waals surface area contributed by atoms with E-state index >= 15 is 0 Å². The van der Waals surface area contributed by atoms with Crippen molar-refractivity contribution in [2.75, 3.05) is 10.0 Å². The Balaban J connectivity index is 1.71. The number of benzene rings is 3. The quantitative estimate of drug-likeness (QED) is 0.209. The number of thioether (sulfide) groups is 1. The monoisotopic (exact) mass is 552 g/mol. The van der Waals surface area contributed by atoms with Crippen LogP contribution in [0.4, 0.5) is 42.1 Å². The Labute approximate surface area is 204 Å². The van der Waals surface area contributed by atoms with Gasteiger partial charge in [-0.15, -0.1) is 11.8 Å². The fourth-order valence-electron chi connectivity index (χ4n) is 2.89. The molecule has 0 aromatic heterocycles. The van der Waals surface area contributed by atoms with Crippen molar-refractivity contribution in [3.05, 3.63) is 83.4 Å². The van der Waals surface area contributed by atoms with Crippen molar-refractivity contribution >= 4 is 39.1 Å². The summed E-state index contributed by atoms with van der Waals surface area (Å²) in [5, 5.41) is 0.436. The standard InChI is InChI=1S/C22H15F7N2O3S2/c1-11(21(32)30-20-18(25)16(23)15(22(27,28)29)17(24)19(20)26)35-13-9-7-12(8-10-13)31-36(33,34)14-5-3-2-4-6-14/h2-11,31H,1H3,(H,30,32). The lowest BCUT2D eigenvalue weighted by molar-refractivity contribution is -0.143. The van der Waals surface area contributed by atoms with E-state index in [0.717, 1.165) is 11.8 Å². The van der Waals surface area contributed by atoms with E-state index in [1.165, 1.54) is 43.3 Å². The van der Waals surface area contributed by atoms with Gasteiger partial charge in [0.1, 0.15) is 11.3 Å². The minimum Gasteiger partial charge on any atom is -0.320 e. The molecule has 3 rings (SSSR count). The van der Waals surface area contributed by atoms with E-state index in [9.17, 15) is 43.9 Å². The lowest BCUT2D eigenvalue weighted by Crippen LogP contribution is -2.25. The van der Waals surface area contributed by atoms with E-state index < -0.39 is 61.9 Å². The summed E-state index contributed by atoms with van der Waals surface area (Å²) in [5.41, 5.74) is -4.25. The second-order valence-electron chi connectivity index (χ2n) is 7.20. The molecule has 3 aromatic carbocycles. The molecular weight excluding hydrogens is 537 g/mol. The zero-order valence-electron chi connectivity index (χ0n) is 18.0. The maximum atomic E-state index is 14.0. The number of halogens is 7. The molecule has 0 spiro atoms. The molecule has 5 nitrogen and oxygen atoms in total. The number of hydrogen-bond donors (Lipinski definition) is 2. The topological polar surface area (TPSA) is 75.3 Å². The van der Waals surface area contributed by atoms with Crippen molar-refractivity contribution in [3.8, 4) is 0 Å². The van der Waals surface area contributed by atoms with E-state index in [1.54, 1.807) is 23.5 Å². The van der Waals surface area contributed by atoms with Gasteiger partial charge in [0.25, 0.3) is 10.0 Å². The molecule has 0 aliphatic heterocycles. The highest BCUT2D eigenvalue weighted by atomic mass is 32.2. The maximum absolute atomic E-state index is 14.0. The summed E-state index contributed by atoms with van der Waals surface area (Å²) in [6.45, 7) is 1.26. The highest BCUT2D eigenvalue weighted by molar-refractivity contribution is 8.00. The average Bonchev–Trinajstić information content (AvgIpc) is 2.81. The van der Waals surface area contributed by atoms with Crippen LogP contribution in [0, 0.1) is 23.3 Å². The third kappa shape index (κ3) is 5.93. The van der Waals surface area contributed by atoms with Gasteiger partial charge in [0.2, 0.25) is 5.91 Å². The van der Waals surface area contributed by atoms with Crippen LogP contribution in [0.3, 0.4) is 0 Å². The Morgan fingerprint density at radius 1 is 0.861 bits per heavy atom. The Morgan fingerprint density at radius 2 is 1.39 bits per heavy atom. The molecule has 1 amide bonds. The summed E-state index contributed by atoms with van der Waals surface area (Å²) >= 11 is 0.820. The van der Waals surface area contributed by atoms with Crippen LogP contribution in [0.15, 0.2) is 64.4 Å². The molecule has 0 aliphatic carbocycles. The van der Waals surface area contributed by atoms with Crippen LogP contribution in [0.5, 0.6) is 0 Å². The molecule has 1 atom stereocenters. The molecule has 14 heteroatoms. The molecule has 0 radical (unpaired) electrons. The van der Waals surface area contributed by atoms with Crippen molar-refractivity contribution in [2.45, 2.75) is 28.1 Å². The lowest BCUT2D eigenvalue weighted by Gasteiger charge is -2.16. The number of alkyl halides is 3. The second-order valence-corrected chi connectivity index (χ2v) is 10.3. The molecule has 0 heterocycles. The van der Waals surface area contributed by atoms with Crippen molar-refractivity contribution in [2.24, 2.45) is 0 Å². The summed E-state index contributed by atoms with van der Waals surface area (Å²) in [6, 6.07) is 13.2. The van der Waals surface area contributed by atoms with Crippen LogP contribution in [0.2, 0.25) is 0 Å². The minimum atomic E-state index is -5.71. The third-order valence-electron chi connectivity index (χ3n) is 4.64. The van der Waals surface area contributed by atoms with Crippen LogP contribution in [-0.2, 0) is 21.0 Å². The van der Waals surface area contributed by atoms with E-state index in [1.807, 2.05) is 0 Å². The predicted octanol–water partition coefficient (Wildman–Crippen LogP) is 6.18. The van der Waals surface area contributed by atoms with Gasteiger partial charge in [0.05, 0.1) is 10.1 Å². The van der Waals surface area contributed by atoms with Crippen LogP contribution < -0.4 is 10.0 Å². The van der Waals surface area contributed by atoms with Gasteiger partial charge >= 0.3 is 6.18 Å². The van der Waals surface area contributed by atoms with Gasteiger partial charge in [-0.05, 0) is 43.3 Å². The van der Waals surface area contributed by atoms with Crippen molar-refractivity contribution < 1.29 is 43.9 Å². The fourth-order valence-corrected chi connectivity index (χ4v) is 4.84. The SMILES string of the molecule is CC(Sc1ccc(NS(=O)(=O)c2ccccc2)cc1)C(=O)Nc1c(F)c(F)c(C(F)(F)F)c(F)c1F. The Kier molecular flexibility index (Phi) is 7.88. The summed E-state index contributed by atoms with van der Waals surface area (Å²) in [6.07, 6.45) is -5.71. The first kappa shape index (κ1) is 27.3. The van der Waals surface area contributed by atoms with Gasteiger partial charge in [-0.25, -0.2) is 26.0 Å². The largest absolute Gasteiger partial charge is 0.422 e. The van der Waals surface area contributed by atoms with Crippen LogP contribution >= 0.6 is 11.8 Å². The number of sulfonamides is 1. The van der Waals surface area contributed by atoms with Crippen LogP contribution in [0.25, 0.3) is 0 Å². The molecule has 0 saturated carbocycles. The van der Waals surface area contributed by atoms with E-state index in [-0.39, 0.29) is 10.6 Å². The van der Waals surface area contributed by atoms with E-state index in [4.69, 9.17) is 0 Å². The number of amides is 1. The number of anilines is 2. The molecule has 0 saturated heterocycles. The number of hydrogen-bond acceptors (Lipinski definition) is 4. The molecule has 2 N–H and O–H groups in total. The van der Waals surface area contributed by atoms with Gasteiger partial charge in [0.15, 0.2) is 23.3 Å². The first-order valence-electron chi connectivity index (χ1n) is 9.81. The highest BCUT2D eigenvalue weighted by Crippen LogP contribution is 2.38. The smallest absolute Gasteiger partial charge is 0.320 e. The fraction of sp³-hybridized carbons (Fsp3) is 0.136. The van der Waals surface area contributed by atoms with Gasteiger partial charge in [0, 0.05) is 10.6 Å². The Morgan fingerprint density at radius 3 is 1.89 bits per heavy atom. The van der Waals surface area contributed by atoms with Crippen molar-refractivity contribution in [3.63, 3.8) is 0 Å². The first-order chi connectivity index (χ1) is 16.7. The van der Waals surface area contributed by atoms with Crippen LogP contribution in [0.1, 0.15) is 12.5 Å². The first-order valence-corrected chi connectivity index (χ1v) is 12.2. The number of carbonyl (C=O) groups excluding carboxylic acids is 1. The molecule has 0 aliphatic rings. The Hall–Kier alpha value is -3.26. The zero-order chi connectivity index (χ0) is 26.8. The van der Waals surface area contributed by atoms with Crippen LogP contribution in [-0.4, -0.2) is 19.6 Å². The second kappa shape index (κ2) is 10.4. The van der Waals surface area contributed by atoms with E-state index in [0.29, 0.717) is 4.90 Å². The van der Waals surface area contributed by atoms with Gasteiger partial charge in [-0.1, -0.05) is 18.2 Å². The van der Waals surface area contributed by atoms with Crippen molar-refractivity contribution in [1.82, 2.24) is 0 Å². The summed E-state index contributed by atoms with van der Waals surface area (Å²) in [5.74, 6) is -11.3. The number of rotatable bonds is 7. The predicted molar refractivity (Wildman–Crippen MR) is 119 cm³/mol. The van der Waals surface area contributed by atoms with E-state index in [2.05, 4.69) is 4.72 Å². The summed E-state index contributed by atoms with van der Waals surface area (Å²) < 4.78 is 121. The third-order valence-corrected chi connectivity index (χ3v) is 7.15. The maximum Gasteiger partial charge on any atom is 0.422 e. The summed E-state index contributed by atoms with van der Waals surface area (Å²) in [7, 11) is -3.85. The molecule has 0 fully saturated rings. The molecule has 0 bridgehead atoms.